The Bertz CT molecular complexity index is 906. The summed E-state index contributed by atoms with van der Waals surface area (Å²) in [6.45, 7) is 0.194. The molecule has 0 atom stereocenters. The van der Waals surface area contributed by atoms with Gasteiger partial charge in [-0.25, -0.2) is 9.97 Å². The van der Waals surface area contributed by atoms with Gasteiger partial charge in [0.15, 0.2) is 5.82 Å². The van der Waals surface area contributed by atoms with Gasteiger partial charge in [0.2, 0.25) is 5.91 Å². The van der Waals surface area contributed by atoms with Gasteiger partial charge in [-0.1, -0.05) is 0 Å². The highest BCUT2D eigenvalue weighted by atomic mass is 32.1. The zero-order valence-electron chi connectivity index (χ0n) is 13.3. The van der Waals surface area contributed by atoms with Gasteiger partial charge in [-0.15, -0.1) is 11.3 Å². The third kappa shape index (κ3) is 2.60. The normalized spacial score (nSPS) is 13.0. The van der Waals surface area contributed by atoms with Crippen LogP contribution in [0.25, 0.3) is 21.6 Å². The average Bonchev–Trinajstić information content (AvgIpc) is 3.20. The minimum Gasteiger partial charge on any atom is -0.360 e. The van der Waals surface area contributed by atoms with E-state index in [1.54, 1.807) is 30.8 Å². The van der Waals surface area contributed by atoms with Crippen LogP contribution in [0.15, 0.2) is 24.5 Å². The SMILES string of the molecule is CNC(=O)CNc1nc(-c2cccnc2)nc2sc3c(c12)CCC3. The highest BCUT2D eigenvalue weighted by molar-refractivity contribution is 7.19. The fourth-order valence-electron chi connectivity index (χ4n) is 3.00. The van der Waals surface area contributed by atoms with Crippen molar-refractivity contribution in [1.29, 1.82) is 0 Å². The van der Waals surface area contributed by atoms with E-state index in [0.29, 0.717) is 5.82 Å². The third-order valence-electron chi connectivity index (χ3n) is 4.18. The molecule has 7 heteroatoms. The minimum atomic E-state index is -0.0726. The van der Waals surface area contributed by atoms with Crippen molar-refractivity contribution >= 4 is 33.3 Å². The van der Waals surface area contributed by atoms with Crippen molar-refractivity contribution in [3.8, 4) is 11.4 Å². The Kier molecular flexibility index (Phi) is 3.86. The van der Waals surface area contributed by atoms with E-state index >= 15 is 0 Å². The first-order valence-corrected chi connectivity index (χ1v) is 8.75. The topological polar surface area (TPSA) is 79.8 Å². The first kappa shape index (κ1) is 15.0. The molecule has 4 rings (SSSR count). The van der Waals surface area contributed by atoms with Crippen molar-refractivity contribution in [2.45, 2.75) is 19.3 Å². The van der Waals surface area contributed by atoms with Crippen LogP contribution in [0, 0.1) is 0 Å². The maximum absolute atomic E-state index is 11.6. The second kappa shape index (κ2) is 6.16. The molecule has 0 unspecified atom stereocenters. The Balaban J connectivity index is 1.84. The number of carbonyl (C=O) groups is 1. The Hall–Kier alpha value is -2.54. The number of amides is 1. The van der Waals surface area contributed by atoms with Crippen LogP contribution >= 0.6 is 11.3 Å². The number of thiophene rings is 1. The predicted molar refractivity (Wildman–Crippen MR) is 95.2 cm³/mol. The van der Waals surface area contributed by atoms with Crippen LogP contribution in [0.3, 0.4) is 0 Å². The number of nitrogens with zero attached hydrogens (tertiary/aromatic N) is 3. The molecule has 0 aromatic carbocycles. The largest absolute Gasteiger partial charge is 0.360 e. The molecular formula is C17H17N5OS. The summed E-state index contributed by atoms with van der Waals surface area (Å²) in [5.74, 6) is 1.30. The summed E-state index contributed by atoms with van der Waals surface area (Å²) in [6, 6.07) is 3.81. The molecule has 0 radical (unpaired) electrons. The van der Waals surface area contributed by atoms with Gasteiger partial charge in [0.05, 0.1) is 11.9 Å². The van der Waals surface area contributed by atoms with Crippen LogP contribution in [-0.4, -0.2) is 34.5 Å². The van der Waals surface area contributed by atoms with Gasteiger partial charge >= 0.3 is 0 Å². The van der Waals surface area contributed by atoms with E-state index in [2.05, 4.69) is 15.6 Å². The smallest absolute Gasteiger partial charge is 0.239 e. The quantitative estimate of drug-likeness (QED) is 0.763. The van der Waals surface area contributed by atoms with Crippen LogP contribution in [0.2, 0.25) is 0 Å². The molecule has 122 valence electrons. The number of aromatic nitrogens is 3. The van der Waals surface area contributed by atoms with Gasteiger partial charge in [-0.3, -0.25) is 9.78 Å². The maximum Gasteiger partial charge on any atom is 0.239 e. The average molecular weight is 339 g/mol. The van der Waals surface area contributed by atoms with Crippen molar-refractivity contribution < 1.29 is 4.79 Å². The van der Waals surface area contributed by atoms with Crippen molar-refractivity contribution in [2.24, 2.45) is 0 Å². The summed E-state index contributed by atoms with van der Waals surface area (Å²) < 4.78 is 0. The number of rotatable bonds is 4. The molecule has 1 amide bonds. The zero-order valence-corrected chi connectivity index (χ0v) is 14.1. The number of fused-ring (bicyclic) bond motifs is 3. The van der Waals surface area contributed by atoms with Crippen LogP contribution in [0.5, 0.6) is 0 Å². The van der Waals surface area contributed by atoms with Gasteiger partial charge in [-0.2, -0.15) is 0 Å². The number of likely N-dealkylation sites (N-methyl/N-ethyl adjacent to an activating group) is 1. The van der Waals surface area contributed by atoms with Gasteiger partial charge in [0.1, 0.15) is 10.6 Å². The van der Waals surface area contributed by atoms with Gasteiger partial charge < -0.3 is 10.6 Å². The Morgan fingerprint density at radius 1 is 1.33 bits per heavy atom. The first-order chi connectivity index (χ1) is 11.8. The van der Waals surface area contributed by atoms with E-state index in [-0.39, 0.29) is 12.5 Å². The monoisotopic (exact) mass is 339 g/mol. The van der Waals surface area contributed by atoms with Gasteiger partial charge in [0, 0.05) is 29.9 Å². The lowest BCUT2D eigenvalue weighted by atomic mass is 10.2. The van der Waals surface area contributed by atoms with Gasteiger partial charge in [-0.05, 0) is 37.0 Å². The molecular weight excluding hydrogens is 322 g/mol. The number of hydrogen-bond donors (Lipinski definition) is 2. The van der Waals surface area contributed by atoms with Crippen LogP contribution < -0.4 is 10.6 Å². The Morgan fingerprint density at radius 3 is 3.04 bits per heavy atom. The molecule has 2 N–H and O–H groups in total. The molecule has 24 heavy (non-hydrogen) atoms. The molecule has 3 aromatic heterocycles. The van der Waals surface area contributed by atoms with E-state index in [0.717, 1.165) is 34.4 Å². The number of carbonyl (C=O) groups excluding carboxylic acids is 1. The molecule has 3 heterocycles. The lowest BCUT2D eigenvalue weighted by Crippen LogP contribution is -2.26. The number of pyridine rings is 1. The van der Waals surface area contributed by atoms with Crippen LogP contribution in [0.1, 0.15) is 16.9 Å². The standard InChI is InChI=1S/C17H17N5OS/c1-18-13(23)9-20-16-14-11-5-2-6-12(11)24-17(14)22-15(21-16)10-4-3-7-19-8-10/h3-4,7-8H,2,5-6,9H2,1H3,(H,18,23)(H,20,21,22). The summed E-state index contributed by atoms with van der Waals surface area (Å²) in [5, 5.41) is 6.88. The number of nitrogens with one attached hydrogen (secondary N) is 2. The van der Waals surface area contributed by atoms with Crippen molar-refractivity contribution in [3.63, 3.8) is 0 Å². The highest BCUT2D eigenvalue weighted by Gasteiger charge is 2.22. The van der Waals surface area contributed by atoms with Crippen molar-refractivity contribution in [3.05, 3.63) is 35.0 Å². The highest BCUT2D eigenvalue weighted by Crippen LogP contribution is 2.40. The summed E-state index contributed by atoms with van der Waals surface area (Å²) in [4.78, 5) is 27.6. The van der Waals surface area contributed by atoms with E-state index < -0.39 is 0 Å². The number of anilines is 1. The fourth-order valence-corrected chi connectivity index (χ4v) is 4.26. The number of aryl methyl sites for hydroxylation is 2. The lowest BCUT2D eigenvalue weighted by Gasteiger charge is -2.09. The molecule has 0 spiro atoms. The van der Waals surface area contributed by atoms with Crippen LogP contribution in [0.4, 0.5) is 5.82 Å². The van der Waals surface area contributed by atoms with E-state index in [1.165, 1.54) is 16.9 Å². The third-order valence-corrected chi connectivity index (χ3v) is 5.37. The van der Waals surface area contributed by atoms with Gasteiger partial charge in [0.25, 0.3) is 0 Å². The summed E-state index contributed by atoms with van der Waals surface area (Å²) in [6.07, 6.45) is 6.82. The van der Waals surface area contributed by atoms with E-state index in [4.69, 9.17) is 9.97 Å². The molecule has 0 bridgehead atoms. The summed E-state index contributed by atoms with van der Waals surface area (Å²) >= 11 is 1.74. The van der Waals surface area contributed by atoms with Crippen LogP contribution in [-0.2, 0) is 17.6 Å². The summed E-state index contributed by atoms with van der Waals surface area (Å²) in [5.41, 5.74) is 2.21. The molecule has 0 saturated carbocycles. The maximum atomic E-state index is 11.6. The van der Waals surface area contributed by atoms with Crippen molar-refractivity contribution in [1.82, 2.24) is 20.3 Å². The molecule has 1 aliphatic carbocycles. The second-order valence-corrected chi connectivity index (χ2v) is 6.79. The fraction of sp³-hybridized carbons (Fsp3) is 0.294. The van der Waals surface area contributed by atoms with E-state index in [1.807, 2.05) is 12.1 Å². The first-order valence-electron chi connectivity index (χ1n) is 7.93. The van der Waals surface area contributed by atoms with Crippen molar-refractivity contribution in [2.75, 3.05) is 18.9 Å². The molecule has 6 nitrogen and oxygen atoms in total. The number of hydrogen-bond acceptors (Lipinski definition) is 6. The molecule has 0 saturated heterocycles. The Labute approximate surface area is 143 Å². The lowest BCUT2D eigenvalue weighted by molar-refractivity contribution is -0.118. The zero-order chi connectivity index (χ0) is 16.5. The molecule has 3 aromatic rings. The molecule has 0 aliphatic heterocycles. The summed E-state index contributed by atoms with van der Waals surface area (Å²) in [7, 11) is 1.63. The molecule has 0 fully saturated rings. The molecule has 1 aliphatic rings. The predicted octanol–water partition coefficient (Wildman–Crippen LogP) is 2.40. The second-order valence-electron chi connectivity index (χ2n) is 5.70. The van der Waals surface area contributed by atoms with E-state index in [9.17, 15) is 4.79 Å². The minimum absolute atomic E-state index is 0.0726. The Morgan fingerprint density at radius 2 is 2.25 bits per heavy atom.